The van der Waals surface area contributed by atoms with Crippen molar-refractivity contribution < 1.29 is 0 Å². The van der Waals surface area contributed by atoms with Gasteiger partial charge in [0.15, 0.2) is 0 Å². The molecule has 1 nitrogen and oxygen atoms in total. The van der Waals surface area contributed by atoms with Crippen LogP contribution in [0.5, 0.6) is 0 Å². The van der Waals surface area contributed by atoms with Crippen LogP contribution >= 0.6 is 11.8 Å². The first-order valence-corrected chi connectivity index (χ1v) is 9.02. The summed E-state index contributed by atoms with van der Waals surface area (Å²) in [6.07, 6.45) is 6.58. The zero-order valence-electron chi connectivity index (χ0n) is 13.1. The Balaban J connectivity index is 2.14. The highest BCUT2D eigenvalue weighted by atomic mass is 32.2. The van der Waals surface area contributed by atoms with Crippen molar-refractivity contribution in [2.45, 2.75) is 69.4 Å². The molecule has 1 aromatic rings. The molecule has 0 spiro atoms. The second kappa shape index (κ2) is 7.51. The molecule has 4 atom stereocenters. The molecule has 1 aliphatic rings. The summed E-state index contributed by atoms with van der Waals surface area (Å²) >= 11 is 2.14. The Morgan fingerprint density at radius 1 is 1.30 bits per heavy atom. The molecule has 0 aromatic heterocycles. The fourth-order valence-corrected chi connectivity index (χ4v) is 5.20. The van der Waals surface area contributed by atoms with Crippen LogP contribution in [-0.4, -0.2) is 11.3 Å². The Bertz CT molecular complexity index is 418. The van der Waals surface area contributed by atoms with E-state index in [0.29, 0.717) is 5.25 Å². The lowest BCUT2D eigenvalue weighted by Gasteiger charge is -2.32. The molecule has 1 saturated carbocycles. The summed E-state index contributed by atoms with van der Waals surface area (Å²) in [6.45, 7) is 6.82. The topological polar surface area (TPSA) is 26.0 Å². The van der Waals surface area contributed by atoms with Crippen LogP contribution in [0.2, 0.25) is 0 Å². The molecule has 2 heteroatoms. The SMILES string of the molecule is CCC(N)C(SC1CCCC(C)C1)c1ccccc1C. The minimum atomic E-state index is 0.262. The number of hydrogen-bond acceptors (Lipinski definition) is 2. The van der Waals surface area contributed by atoms with Gasteiger partial charge in [0.2, 0.25) is 0 Å². The lowest BCUT2D eigenvalue weighted by atomic mass is 9.90. The third-order valence-electron chi connectivity index (χ3n) is 4.58. The average Bonchev–Trinajstić information content (AvgIpc) is 2.45. The van der Waals surface area contributed by atoms with Crippen LogP contribution in [0.15, 0.2) is 24.3 Å². The molecule has 112 valence electrons. The number of hydrogen-bond donors (Lipinski definition) is 1. The molecule has 1 fully saturated rings. The predicted molar refractivity (Wildman–Crippen MR) is 91.2 cm³/mol. The maximum Gasteiger partial charge on any atom is 0.0453 e. The summed E-state index contributed by atoms with van der Waals surface area (Å²) in [5.74, 6) is 0.886. The minimum absolute atomic E-state index is 0.262. The number of benzene rings is 1. The maximum absolute atomic E-state index is 6.45. The lowest BCUT2D eigenvalue weighted by Crippen LogP contribution is -2.28. The molecular weight excluding hydrogens is 262 g/mol. The molecule has 0 radical (unpaired) electrons. The van der Waals surface area contributed by atoms with Crippen LogP contribution in [0.25, 0.3) is 0 Å². The molecular formula is C18H29NS. The largest absolute Gasteiger partial charge is 0.326 e. The van der Waals surface area contributed by atoms with E-state index in [1.165, 1.54) is 36.8 Å². The molecule has 1 aromatic carbocycles. The highest BCUT2D eigenvalue weighted by Gasteiger charge is 2.27. The van der Waals surface area contributed by atoms with Crippen LogP contribution < -0.4 is 5.73 Å². The van der Waals surface area contributed by atoms with Crippen molar-refractivity contribution in [2.75, 3.05) is 0 Å². The van der Waals surface area contributed by atoms with Gasteiger partial charge in [-0.05, 0) is 43.2 Å². The van der Waals surface area contributed by atoms with E-state index in [1.807, 2.05) is 0 Å². The van der Waals surface area contributed by atoms with Gasteiger partial charge in [-0.2, -0.15) is 0 Å². The third kappa shape index (κ3) is 4.02. The second-order valence-electron chi connectivity index (χ2n) is 6.38. The van der Waals surface area contributed by atoms with Gasteiger partial charge in [0, 0.05) is 16.5 Å². The van der Waals surface area contributed by atoms with Crippen molar-refractivity contribution in [2.24, 2.45) is 11.7 Å². The summed E-state index contributed by atoms with van der Waals surface area (Å²) in [5.41, 5.74) is 9.29. The van der Waals surface area contributed by atoms with Crippen LogP contribution in [-0.2, 0) is 0 Å². The molecule has 2 rings (SSSR count). The summed E-state index contributed by atoms with van der Waals surface area (Å²) < 4.78 is 0. The molecule has 0 saturated heterocycles. The number of thioether (sulfide) groups is 1. The van der Waals surface area contributed by atoms with E-state index < -0.39 is 0 Å². The van der Waals surface area contributed by atoms with Gasteiger partial charge in [-0.3, -0.25) is 0 Å². The molecule has 4 unspecified atom stereocenters. The van der Waals surface area contributed by atoms with E-state index in [-0.39, 0.29) is 6.04 Å². The number of aryl methyl sites for hydroxylation is 1. The van der Waals surface area contributed by atoms with Crippen molar-refractivity contribution in [1.29, 1.82) is 0 Å². The molecule has 2 N–H and O–H groups in total. The average molecular weight is 292 g/mol. The zero-order valence-corrected chi connectivity index (χ0v) is 14.0. The molecule has 0 amide bonds. The van der Waals surface area contributed by atoms with E-state index in [4.69, 9.17) is 5.73 Å². The highest BCUT2D eigenvalue weighted by molar-refractivity contribution is 8.00. The molecule has 0 bridgehead atoms. The molecule has 1 aliphatic carbocycles. The van der Waals surface area contributed by atoms with Crippen molar-refractivity contribution in [3.8, 4) is 0 Å². The summed E-state index contributed by atoms with van der Waals surface area (Å²) in [6, 6.07) is 9.03. The summed E-state index contributed by atoms with van der Waals surface area (Å²) in [5, 5.41) is 1.25. The molecule has 20 heavy (non-hydrogen) atoms. The van der Waals surface area contributed by atoms with E-state index in [9.17, 15) is 0 Å². The zero-order chi connectivity index (χ0) is 14.5. The van der Waals surface area contributed by atoms with E-state index in [1.54, 1.807) is 0 Å². The monoisotopic (exact) mass is 291 g/mol. The van der Waals surface area contributed by atoms with Crippen LogP contribution in [0, 0.1) is 12.8 Å². The van der Waals surface area contributed by atoms with Gasteiger partial charge in [0.1, 0.15) is 0 Å². The highest BCUT2D eigenvalue weighted by Crippen LogP contribution is 2.42. The Labute approximate surface area is 128 Å². The Morgan fingerprint density at radius 2 is 2.05 bits per heavy atom. The maximum atomic E-state index is 6.45. The van der Waals surface area contributed by atoms with Gasteiger partial charge < -0.3 is 5.73 Å². The predicted octanol–water partition coefficient (Wildman–Crippen LogP) is 5.09. The first-order chi connectivity index (χ1) is 9.61. The summed E-state index contributed by atoms with van der Waals surface area (Å²) in [7, 11) is 0. The Hall–Kier alpha value is -0.470. The molecule has 0 heterocycles. The second-order valence-corrected chi connectivity index (χ2v) is 7.83. The van der Waals surface area contributed by atoms with Crippen molar-refractivity contribution in [1.82, 2.24) is 0 Å². The van der Waals surface area contributed by atoms with Gasteiger partial charge in [-0.15, -0.1) is 11.8 Å². The number of rotatable bonds is 5. The Kier molecular flexibility index (Phi) is 5.98. The first-order valence-electron chi connectivity index (χ1n) is 8.08. The first kappa shape index (κ1) is 15.9. The van der Waals surface area contributed by atoms with Crippen LogP contribution in [0.3, 0.4) is 0 Å². The van der Waals surface area contributed by atoms with E-state index in [2.05, 4.69) is 56.8 Å². The normalized spacial score (nSPS) is 26.2. The van der Waals surface area contributed by atoms with Gasteiger partial charge in [0.05, 0.1) is 0 Å². The van der Waals surface area contributed by atoms with Crippen LogP contribution in [0.4, 0.5) is 0 Å². The quantitative estimate of drug-likeness (QED) is 0.818. The van der Waals surface area contributed by atoms with E-state index in [0.717, 1.165) is 17.6 Å². The van der Waals surface area contributed by atoms with Crippen LogP contribution in [0.1, 0.15) is 62.3 Å². The van der Waals surface area contributed by atoms with E-state index >= 15 is 0 Å². The van der Waals surface area contributed by atoms with Gasteiger partial charge in [-0.1, -0.05) is 51.0 Å². The van der Waals surface area contributed by atoms with Crippen molar-refractivity contribution in [3.05, 3.63) is 35.4 Å². The fourth-order valence-electron chi connectivity index (χ4n) is 3.23. The van der Waals surface area contributed by atoms with Crippen molar-refractivity contribution >= 4 is 11.8 Å². The van der Waals surface area contributed by atoms with Gasteiger partial charge in [-0.25, -0.2) is 0 Å². The van der Waals surface area contributed by atoms with Crippen molar-refractivity contribution in [3.63, 3.8) is 0 Å². The molecule has 0 aliphatic heterocycles. The Morgan fingerprint density at radius 3 is 2.70 bits per heavy atom. The minimum Gasteiger partial charge on any atom is -0.326 e. The number of nitrogens with two attached hydrogens (primary N) is 1. The fraction of sp³-hybridized carbons (Fsp3) is 0.667. The lowest BCUT2D eigenvalue weighted by molar-refractivity contribution is 0.393. The third-order valence-corrected chi connectivity index (χ3v) is 6.29. The standard InChI is InChI=1S/C18H29NS/c1-4-17(19)18(16-11-6-5-9-14(16)3)20-15-10-7-8-13(2)12-15/h5-6,9,11,13,15,17-18H,4,7-8,10,12,19H2,1-3H3. The summed E-state index contributed by atoms with van der Waals surface area (Å²) in [4.78, 5) is 0. The smallest absolute Gasteiger partial charge is 0.0453 e. The van der Waals surface area contributed by atoms with Gasteiger partial charge in [0.25, 0.3) is 0 Å². The van der Waals surface area contributed by atoms with Gasteiger partial charge >= 0.3 is 0 Å².